The Labute approximate surface area is 89.1 Å². The summed E-state index contributed by atoms with van der Waals surface area (Å²) in [5.41, 5.74) is -0.420. The van der Waals surface area contributed by atoms with Gasteiger partial charge in [-0.1, -0.05) is 11.6 Å². The lowest BCUT2D eigenvalue weighted by Gasteiger charge is -2.05. The molecule has 1 aromatic heterocycles. The van der Waals surface area contributed by atoms with Crippen molar-refractivity contribution in [3.63, 3.8) is 0 Å². The van der Waals surface area contributed by atoms with Crippen molar-refractivity contribution in [2.75, 3.05) is 0 Å². The third-order valence-electron chi connectivity index (χ3n) is 1.53. The van der Waals surface area contributed by atoms with Crippen LogP contribution in [0.5, 0.6) is 0 Å². The Hall–Kier alpha value is -0.920. The zero-order valence-electron chi connectivity index (χ0n) is 6.77. The summed E-state index contributed by atoms with van der Waals surface area (Å²) in [6.07, 6.45) is -2.73. The van der Waals surface area contributed by atoms with Gasteiger partial charge in [0.2, 0.25) is 0 Å². The first-order valence-electron chi connectivity index (χ1n) is 3.53. The molecule has 1 aromatic rings. The van der Waals surface area contributed by atoms with Gasteiger partial charge in [-0.05, 0) is 11.6 Å². The number of nitriles is 1. The highest BCUT2D eigenvalue weighted by molar-refractivity contribution is 6.33. The molecule has 0 aliphatic carbocycles. The molecule has 0 N–H and O–H groups in total. The van der Waals surface area contributed by atoms with Crippen molar-refractivity contribution in [1.29, 1.82) is 5.26 Å². The SMILES string of the molecule is N#Cc1nc(C(F)F)cc(CCl)c1Cl. The molecule has 0 amide bonds. The third kappa shape index (κ3) is 2.11. The van der Waals surface area contributed by atoms with Gasteiger partial charge in [0.15, 0.2) is 5.69 Å². The van der Waals surface area contributed by atoms with E-state index in [9.17, 15) is 8.78 Å². The predicted octanol–water partition coefficient (Wildman–Crippen LogP) is 3.28. The molecule has 2 nitrogen and oxygen atoms in total. The molecular weight excluding hydrogens is 233 g/mol. The number of hydrogen-bond acceptors (Lipinski definition) is 2. The van der Waals surface area contributed by atoms with Crippen molar-refractivity contribution >= 4 is 23.2 Å². The topological polar surface area (TPSA) is 36.7 Å². The van der Waals surface area contributed by atoms with E-state index in [1.165, 1.54) is 0 Å². The van der Waals surface area contributed by atoms with E-state index >= 15 is 0 Å². The van der Waals surface area contributed by atoms with Gasteiger partial charge in [-0.25, -0.2) is 13.8 Å². The molecule has 0 atom stereocenters. The Morgan fingerprint density at radius 1 is 1.57 bits per heavy atom. The number of alkyl halides is 3. The summed E-state index contributed by atoms with van der Waals surface area (Å²) in [5, 5.41) is 8.59. The van der Waals surface area contributed by atoms with Crippen LogP contribution in [-0.2, 0) is 5.88 Å². The fourth-order valence-corrected chi connectivity index (χ4v) is 1.37. The van der Waals surface area contributed by atoms with Crippen molar-refractivity contribution in [2.45, 2.75) is 12.3 Å². The summed E-state index contributed by atoms with van der Waals surface area (Å²) in [7, 11) is 0. The summed E-state index contributed by atoms with van der Waals surface area (Å²) in [5.74, 6) is -0.0320. The van der Waals surface area contributed by atoms with Gasteiger partial charge in [0.1, 0.15) is 11.8 Å². The van der Waals surface area contributed by atoms with Gasteiger partial charge in [0.05, 0.1) is 5.02 Å². The van der Waals surface area contributed by atoms with Crippen molar-refractivity contribution in [2.24, 2.45) is 0 Å². The molecule has 0 unspecified atom stereocenters. The fourth-order valence-electron chi connectivity index (χ4n) is 0.888. The van der Waals surface area contributed by atoms with Gasteiger partial charge in [-0.2, -0.15) is 5.26 Å². The average molecular weight is 237 g/mol. The minimum absolute atomic E-state index is 0.0320. The number of pyridine rings is 1. The van der Waals surface area contributed by atoms with E-state index in [1.54, 1.807) is 6.07 Å². The van der Waals surface area contributed by atoms with Crippen LogP contribution in [-0.4, -0.2) is 4.98 Å². The quantitative estimate of drug-likeness (QED) is 0.740. The highest BCUT2D eigenvalue weighted by Crippen LogP contribution is 2.26. The molecular formula is C8H4Cl2F2N2. The zero-order chi connectivity index (χ0) is 10.7. The van der Waals surface area contributed by atoms with Crippen molar-refractivity contribution in [3.05, 3.63) is 28.0 Å². The largest absolute Gasteiger partial charge is 0.280 e. The second-order valence-corrected chi connectivity index (χ2v) is 3.06. The van der Waals surface area contributed by atoms with E-state index in [0.717, 1.165) is 6.07 Å². The smallest absolute Gasteiger partial charge is 0.235 e. The van der Waals surface area contributed by atoms with Gasteiger partial charge in [-0.3, -0.25) is 0 Å². The maximum Gasteiger partial charge on any atom is 0.280 e. The van der Waals surface area contributed by atoms with Crippen LogP contribution in [0.4, 0.5) is 8.78 Å². The standard InChI is InChI=1S/C8H4Cl2F2N2/c9-2-4-1-5(8(11)12)14-6(3-13)7(4)10/h1,8H,2H2. The number of aromatic nitrogens is 1. The summed E-state index contributed by atoms with van der Waals surface area (Å²) in [6, 6.07) is 2.73. The molecule has 0 bridgehead atoms. The molecule has 0 aromatic carbocycles. The van der Waals surface area contributed by atoms with Crippen molar-refractivity contribution in [1.82, 2.24) is 4.98 Å². The van der Waals surface area contributed by atoms with Crippen LogP contribution in [0, 0.1) is 11.3 Å². The second kappa shape index (κ2) is 4.54. The molecule has 0 fully saturated rings. The molecule has 74 valence electrons. The lowest BCUT2D eigenvalue weighted by Crippen LogP contribution is -1.97. The number of hydrogen-bond donors (Lipinski definition) is 0. The molecule has 0 aliphatic rings. The van der Waals surface area contributed by atoms with Gasteiger partial charge < -0.3 is 0 Å². The normalized spacial score (nSPS) is 10.3. The van der Waals surface area contributed by atoms with Crippen LogP contribution in [0.25, 0.3) is 0 Å². The summed E-state index contributed by atoms with van der Waals surface area (Å²) in [6.45, 7) is 0. The summed E-state index contributed by atoms with van der Waals surface area (Å²) < 4.78 is 24.5. The number of halogens is 4. The second-order valence-electron chi connectivity index (χ2n) is 2.41. The van der Waals surface area contributed by atoms with Crippen molar-refractivity contribution in [3.8, 4) is 6.07 Å². The van der Waals surface area contributed by atoms with Crippen LogP contribution >= 0.6 is 23.2 Å². The summed E-state index contributed by atoms with van der Waals surface area (Å²) in [4.78, 5) is 3.40. The molecule has 0 aliphatic heterocycles. The van der Waals surface area contributed by atoms with E-state index in [1.807, 2.05) is 0 Å². The lowest BCUT2D eigenvalue weighted by atomic mass is 10.2. The third-order valence-corrected chi connectivity index (χ3v) is 2.24. The molecule has 0 radical (unpaired) electrons. The molecule has 0 saturated carbocycles. The van der Waals surface area contributed by atoms with Gasteiger partial charge in [0.25, 0.3) is 6.43 Å². The summed E-state index contributed by atoms with van der Waals surface area (Å²) >= 11 is 11.1. The Bertz CT molecular complexity index is 388. The van der Waals surface area contributed by atoms with E-state index < -0.39 is 12.1 Å². The molecule has 0 saturated heterocycles. The maximum atomic E-state index is 12.3. The molecule has 6 heteroatoms. The fraction of sp³-hybridized carbons (Fsp3) is 0.250. The Balaban J connectivity index is 3.34. The van der Waals surface area contributed by atoms with Gasteiger partial charge in [0, 0.05) is 5.88 Å². The number of nitrogens with zero attached hydrogens (tertiary/aromatic N) is 2. The van der Waals surface area contributed by atoms with Crippen LogP contribution < -0.4 is 0 Å². The van der Waals surface area contributed by atoms with Crippen molar-refractivity contribution < 1.29 is 8.78 Å². The van der Waals surface area contributed by atoms with E-state index in [4.69, 9.17) is 28.5 Å². The van der Waals surface area contributed by atoms with Crippen LogP contribution in [0.2, 0.25) is 5.02 Å². The van der Waals surface area contributed by atoms with Gasteiger partial charge in [-0.15, -0.1) is 11.6 Å². The Morgan fingerprint density at radius 3 is 2.64 bits per heavy atom. The number of rotatable bonds is 2. The first-order chi connectivity index (χ1) is 6.60. The highest BCUT2D eigenvalue weighted by Gasteiger charge is 2.15. The highest BCUT2D eigenvalue weighted by atomic mass is 35.5. The molecule has 1 rings (SSSR count). The van der Waals surface area contributed by atoms with Crippen LogP contribution in [0.3, 0.4) is 0 Å². The van der Waals surface area contributed by atoms with E-state index in [-0.39, 0.29) is 22.2 Å². The first-order valence-corrected chi connectivity index (χ1v) is 4.45. The van der Waals surface area contributed by atoms with Crippen LogP contribution in [0.15, 0.2) is 6.07 Å². The molecule has 1 heterocycles. The average Bonchev–Trinajstić information content (AvgIpc) is 2.17. The van der Waals surface area contributed by atoms with Crippen LogP contribution in [0.1, 0.15) is 23.4 Å². The lowest BCUT2D eigenvalue weighted by molar-refractivity contribution is 0.146. The predicted molar refractivity (Wildman–Crippen MR) is 48.5 cm³/mol. The van der Waals surface area contributed by atoms with E-state index in [0.29, 0.717) is 0 Å². The maximum absolute atomic E-state index is 12.3. The Morgan fingerprint density at radius 2 is 2.21 bits per heavy atom. The Kier molecular flexibility index (Phi) is 3.62. The minimum atomic E-state index is -2.73. The van der Waals surface area contributed by atoms with Gasteiger partial charge >= 0.3 is 0 Å². The zero-order valence-corrected chi connectivity index (χ0v) is 8.28. The minimum Gasteiger partial charge on any atom is -0.235 e. The monoisotopic (exact) mass is 236 g/mol. The van der Waals surface area contributed by atoms with E-state index in [2.05, 4.69) is 4.98 Å². The molecule has 0 spiro atoms. The molecule has 14 heavy (non-hydrogen) atoms. The first kappa shape index (κ1) is 11.2.